The third kappa shape index (κ3) is 3.60. The number of halogens is 1. The predicted octanol–water partition coefficient (Wildman–Crippen LogP) is 3.50. The van der Waals surface area contributed by atoms with Gasteiger partial charge in [-0.3, -0.25) is 9.59 Å². The van der Waals surface area contributed by atoms with E-state index in [1.165, 1.54) is 0 Å². The molecule has 0 saturated carbocycles. The summed E-state index contributed by atoms with van der Waals surface area (Å²) in [5, 5.41) is 2.93. The monoisotopic (exact) mass is 378 g/mol. The van der Waals surface area contributed by atoms with Gasteiger partial charge in [-0.05, 0) is 47.9 Å². The minimum atomic E-state index is -0.0151. The number of hydrogen-bond acceptors (Lipinski definition) is 2. The van der Waals surface area contributed by atoms with E-state index < -0.39 is 0 Å². The van der Waals surface area contributed by atoms with Gasteiger partial charge in [0, 0.05) is 36.1 Å². The lowest BCUT2D eigenvalue weighted by atomic mass is 9.76. The summed E-state index contributed by atoms with van der Waals surface area (Å²) in [5.74, 6) is 0.345. The molecule has 124 valence electrons. The first-order chi connectivity index (χ1) is 10.8. The third-order valence-electron chi connectivity index (χ3n) is 5.19. The van der Waals surface area contributed by atoms with Gasteiger partial charge in [0.25, 0.3) is 0 Å². The molecular formula is C18H23BrN2O2. The van der Waals surface area contributed by atoms with Gasteiger partial charge in [-0.1, -0.05) is 29.8 Å². The Balaban J connectivity index is 1.65. The predicted molar refractivity (Wildman–Crippen MR) is 94.2 cm³/mol. The van der Waals surface area contributed by atoms with E-state index in [0.29, 0.717) is 12.8 Å². The number of nitrogens with one attached hydrogen (secondary N) is 1. The van der Waals surface area contributed by atoms with E-state index in [1.54, 1.807) is 0 Å². The Kier molecular flexibility index (Phi) is 4.25. The van der Waals surface area contributed by atoms with Crippen molar-refractivity contribution in [1.82, 2.24) is 5.32 Å². The minimum absolute atomic E-state index is 0.0151. The standard InChI is InChI=1S/C18H23BrN2O2/c1-17(9-15(22)20-11-17)7-8-18(2)10-16(23)21(12-18)14-5-3-13(19)4-6-14/h3-6H,7-12H2,1-2H3,(H,20,22). The first kappa shape index (κ1) is 16.5. The molecule has 5 heteroatoms. The highest BCUT2D eigenvalue weighted by molar-refractivity contribution is 9.10. The van der Waals surface area contributed by atoms with Gasteiger partial charge in [-0.25, -0.2) is 0 Å². The zero-order chi connectivity index (χ0) is 16.7. The summed E-state index contributed by atoms with van der Waals surface area (Å²) in [5.41, 5.74) is 0.985. The first-order valence-electron chi connectivity index (χ1n) is 8.11. The quantitative estimate of drug-likeness (QED) is 0.871. The van der Waals surface area contributed by atoms with Gasteiger partial charge >= 0.3 is 0 Å². The van der Waals surface area contributed by atoms with Crippen LogP contribution in [0.5, 0.6) is 0 Å². The normalized spacial score (nSPS) is 30.8. The van der Waals surface area contributed by atoms with Crippen LogP contribution in [0.3, 0.4) is 0 Å². The minimum Gasteiger partial charge on any atom is -0.356 e. The fourth-order valence-corrected chi connectivity index (χ4v) is 3.88. The summed E-state index contributed by atoms with van der Waals surface area (Å²) >= 11 is 3.43. The summed E-state index contributed by atoms with van der Waals surface area (Å²) in [7, 11) is 0. The average Bonchev–Trinajstić information content (AvgIpc) is 2.99. The summed E-state index contributed by atoms with van der Waals surface area (Å²) in [4.78, 5) is 25.8. The molecule has 2 saturated heterocycles. The van der Waals surface area contributed by atoms with Gasteiger partial charge in [0.1, 0.15) is 0 Å². The maximum atomic E-state index is 12.5. The Morgan fingerprint density at radius 3 is 2.35 bits per heavy atom. The van der Waals surface area contributed by atoms with Crippen LogP contribution in [0.15, 0.2) is 28.7 Å². The lowest BCUT2D eigenvalue weighted by Crippen LogP contribution is -2.28. The molecule has 1 aromatic carbocycles. The van der Waals surface area contributed by atoms with Crippen molar-refractivity contribution < 1.29 is 9.59 Å². The topological polar surface area (TPSA) is 49.4 Å². The maximum Gasteiger partial charge on any atom is 0.227 e. The Morgan fingerprint density at radius 1 is 1.09 bits per heavy atom. The maximum absolute atomic E-state index is 12.5. The van der Waals surface area contributed by atoms with Crippen LogP contribution in [-0.2, 0) is 9.59 Å². The fourth-order valence-electron chi connectivity index (χ4n) is 3.62. The third-order valence-corrected chi connectivity index (χ3v) is 5.72. The van der Waals surface area contributed by atoms with E-state index >= 15 is 0 Å². The van der Waals surface area contributed by atoms with Crippen molar-refractivity contribution >= 4 is 33.4 Å². The molecule has 2 fully saturated rings. The molecule has 3 rings (SSSR count). The largest absolute Gasteiger partial charge is 0.356 e. The molecule has 1 aromatic rings. The molecular weight excluding hydrogens is 356 g/mol. The molecule has 1 N–H and O–H groups in total. The van der Waals surface area contributed by atoms with Gasteiger partial charge in [0.2, 0.25) is 11.8 Å². The molecule has 0 aliphatic carbocycles. The van der Waals surface area contributed by atoms with E-state index in [9.17, 15) is 9.59 Å². The molecule has 2 heterocycles. The molecule has 2 aliphatic heterocycles. The second kappa shape index (κ2) is 5.93. The van der Waals surface area contributed by atoms with Crippen LogP contribution < -0.4 is 10.2 Å². The first-order valence-corrected chi connectivity index (χ1v) is 8.91. The van der Waals surface area contributed by atoms with E-state index in [1.807, 2.05) is 29.2 Å². The van der Waals surface area contributed by atoms with Crippen LogP contribution in [0.4, 0.5) is 5.69 Å². The van der Waals surface area contributed by atoms with E-state index in [-0.39, 0.29) is 22.6 Å². The highest BCUT2D eigenvalue weighted by Gasteiger charge is 2.42. The van der Waals surface area contributed by atoms with Gasteiger partial charge in [0.05, 0.1) is 0 Å². The van der Waals surface area contributed by atoms with Crippen LogP contribution >= 0.6 is 15.9 Å². The Hall–Kier alpha value is -1.36. The highest BCUT2D eigenvalue weighted by atomic mass is 79.9. The Labute approximate surface area is 145 Å². The number of anilines is 1. The van der Waals surface area contributed by atoms with Crippen LogP contribution in [0.2, 0.25) is 0 Å². The highest BCUT2D eigenvalue weighted by Crippen LogP contribution is 2.42. The summed E-state index contributed by atoms with van der Waals surface area (Å²) in [6, 6.07) is 7.90. The van der Waals surface area contributed by atoms with Crippen molar-refractivity contribution in [3.63, 3.8) is 0 Å². The molecule has 2 aliphatic rings. The van der Waals surface area contributed by atoms with Crippen LogP contribution in [0, 0.1) is 10.8 Å². The number of amides is 2. The van der Waals surface area contributed by atoms with Gasteiger partial charge in [-0.2, -0.15) is 0 Å². The number of carbonyl (C=O) groups is 2. The zero-order valence-corrected chi connectivity index (χ0v) is 15.3. The molecule has 0 spiro atoms. The second-order valence-corrected chi connectivity index (χ2v) is 8.62. The number of hydrogen-bond donors (Lipinski definition) is 1. The van der Waals surface area contributed by atoms with E-state index in [2.05, 4.69) is 35.1 Å². The number of nitrogens with zero attached hydrogens (tertiary/aromatic N) is 1. The number of benzene rings is 1. The zero-order valence-electron chi connectivity index (χ0n) is 13.7. The molecule has 4 nitrogen and oxygen atoms in total. The average molecular weight is 379 g/mol. The lowest BCUT2D eigenvalue weighted by Gasteiger charge is -2.29. The van der Waals surface area contributed by atoms with Gasteiger partial charge in [0.15, 0.2) is 0 Å². The van der Waals surface area contributed by atoms with E-state index in [4.69, 9.17) is 0 Å². The van der Waals surface area contributed by atoms with Crippen molar-refractivity contribution in [3.8, 4) is 0 Å². The number of rotatable bonds is 4. The van der Waals surface area contributed by atoms with E-state index in [0.717, 1.165) is 36.1 Å². The van der Waals surface area contributed by atoms with Crippen molar-refractivity contribution in [2.45, 2.75) is 39.5 Å². The van der Waals surface area contributed by atoms with Crippen molar-refractivity contribution in [1.29, 1.82) is 0 Å². The summed E-state index contributed by atoms with van der Waals surface area (Å²) < 4.78 is 1.02. The Bertz CT molecular complexity index is 630. The molecule has 0 bridgehead atoms. The molecule has 0 radical (unpaired) electrons. The Morgan fingerprint density at radius 2 is 1.74 bits per heavy atom. The summed E-state index contributed by atoms with van der Waals surface area (Å²) in [6.45, 7) is 5.87. The van der Waals surface area contributed by atoms with Crippen LogP contribution in [0.1, 0.15) is 39.5 Å². The SMILES string of the molecule is CC1(CCC2(C)CC(=O)N(c3ccc(Br)cc3)C2)CNC(=O)C1. The van der Waals surface area contributed by atoms with Gasteiger partial charge < -0.3 is 10.2 Å². The molecule has 0 aromatic heterocycles. The van der Waals surface area contributed by atoms with Crippen molar-refractivity contribution in [2.75, 3.05) is 18.0 Å². The van der Waals surface area contributed by atoms with Crippen LogP contribution in [-0.4, -0.2) is 24.9 Å². The second-order valence-electron chi connectivity index (χ2n) is 7.71. The van der Waals surface area contributed by atoms with Crippen molar-refractivity contribution in [2.24, 2.45) is 10.8 Å². The van der Waals surface area contributed by atoms with Gasteiger partial charge in [-0.15, -0.1) is 0 Å². The molecule has 23 heavy (non-hydrogen) atoms. The smallest absolute Gasteiger partial charge is 0.227 e. The summed E-state index contributed by atoms with van der Waals surface area (Å²) in [6.07, 6.45) is 3.13. The molecule has 2 unspecified atom stereocenters. The van der Waals surface area contributed by atoms with Crippen LogP contribution in [0.25, 0.3) is 0 Å². The molecule has 2 atom stereocenters. The van der Waals surface area contributed by atoms with Crippen molar-refractivity contribution in [3.05, 3.63) is 28.7 Å². The number of carbonyl (C=O) groups excluding carboxylic acids is 2. The lowest BCUT2D eigenvalue weighted by molar-refractivity contribution is -0.120. The fraction of sp³-hybridized carbons (Fsp3) is 0.556. The molecule has 2 amide bonds.